The molecule has 0 saturated heterocycles. The Kier molecular flexibility index (Phi) is 6.36. The van der Waals surface area contributed by atoms with Crippen LogP contribution in [0.4, 0.5) is 0 Å². The van der Waals surface area contributed by atoms with Gasteiger partial charge in [0.05, 0.1) is 13.2 Å². The van der Waals surface area contributed by atoms with Gasteiger partial charge in [0.2, 0.25) is 0 Å². The lowest BCUT2D eigenvalue weighted by atomic mass is 10.2. The van der Waals surface area contributed by atoms with Crippen LogP contribution in [0.2, 0.25) is 0 Å². The van der Waals surface area contributed by atoms with Crippen LogP contribution in [0.25, 0.3) is 0 Å². The summed E-state index contributed by atoms with van der Waals surface area (Å²) in [5.41, 5.74) is 6.57. The molecule has 1 aromatic rings. The molecule has 1 atom stereocenters. The normalized spacial score (nSPS) is 13.0. The second-order valence-electron chi connectivity index (χ2n) is 3.98. The molecule has 0 saturated carbocycles. The van der Waals surface area contributed by atoms with E-state index < -0.39 is 19.3 Å². The molecular formula is C13H20NO5P. The standard InChI is InChI=1S/C13H20NO5P/c1-4-17-20(16,18-5-2)13(14)11-6-8-12(9-7-11)19-10(3)15/h6-9,13H,4-5,14H2,1-3H3/t13-/m1/s1. The first-order valence-corrected chi connectivity index (χ1v) is 7.97. The number of ether oxygens (including phenoxy) is 1. The number of carbonyl (C=O) groups is 1. The van der Waals surface area contributed by atoms with E-state index in [2.05, 4.69) is 0 Å². The van der Waals surface area contributed by atoms with Crippen molar-refractivity contribution in [1.82, 2.24) is 0 Å². The molecule has 0 spiro atoms. The van der Waals surface area contributed by atoms with Gasteiger partial charge < -0.3 is 19.5 Å². The largest absolute Gasteiger partial charge is 0.427 e. The summed E-state index contributed by atoms with van der Waals surface area (Å²) in [6.45, 7) is 5.26. The number of hydrogen-bond donors (Lipinski definition) is 1. The van der Waals surface area contributed by atoms with E-state index in [1.54, 1.807) is 38.1 Å². The maximum atomic E-state index is 12.5. The van der Waals surface area contributed by atoms with Crippen LogP contribution >= 0.6 is 7.60 Å². The number of hydrogen-bond acceptors (Lipinski definition) is 6. The van der Waals surface area contributed by atoms with Gasteiger partial charge >= 0.3 is 13.6 Å². The van der Waals surface area contributed by atoms with Crippen molar-refractivity contribution in [2.45, 2.75) is 26.6 Å². The van der Waals surface area contributed by atoms with E-state index in [-0.39, 0.29) is 13.2 Å². The molecule has 0 fully saturated rings. The average molecular weight is 301 g/mol. The number of benzene rings is 1. The van der Waals surface area contributed by atoms with Crippen LogP contribution < -0.4 is 10.5 Å². The zero-order chi connectivity index (χ0) is 15.2. The minimum atomic E-state index is -3.40. The summed E-state index contributed by atoms with van der Waals surface area (Å²) < 4.78 is 27.8. The van der Waals surface area contributed by atoms with Gasteiger partial charge in [-0.2, -0.15) is 0 Å². The molecule has 112 valence electrons. The minimum Gasteiger partial charge on any atom is -0.427 e. The number of carbonyl (C=O) groups excluding carboxylic acids is 1. The molecule has 20 heavy (non-hydrogen) atoms. The third-order valence-corrected chi connectivity index (χ3v) is 4.66. The van der Waals surface area contributed by atoms with Crippen molar-refractivity contribution >= 4 is 13.6 Å². The molecule has 0 unspecified atom stereocenters. The Labute approximate surface area is 118 Å². The van der Waals surface area contributed by atoms with Crippen molar-refractivity contribution in [2.24, 2.45) is 5.73 Å². The zero-order valence-corrected chi connectivity index (χ0v) is 12.8. The van der Waals surface area contributed by atoms with Crippen LogP contribution in [0.15, 0.2) is 24.3 Å². The van der Waals surface area contributed by atoms with E-state index in [4.69, 9.17) is 19.5 Å². The Balaban J connectivity index is 2.92. The number of nitrogens with two attached hydrogens (primary N) is 1. The number of rotatable bonds is 7. The number of esters is 1. The van der Waals surface area contributed by atoms with Gasteiger partial charge in [-0.25, -0.2) is 0 Å². The Morgan fingerprint density at radius 2 is 1.70 bits per heavy atom. The van der Waals surface area contributed by atoms with Crippen molar-refractivity contribution in [2.75, 3.05) is 13.2 Å². The molecule has 0 bridgehead atoms. The van der Waals surface area contributed by atoms with Crippen molar-refractivity contribution in [3.8, 4) is 5.75 Å². The predicted molar refractivity (Wildman–Crippen MR) is 75.5 cm³/mol. The summed E-state index contributed by atoms with van der Waals surface area (Å²) in [5.74, 6) is -0.888. The van der Waals surface area contributed by atoms with Gasteiger partial charge in [0.25, 0.3) is 0 Å². The maximum Gasteiger partial charge on any atom is 0.351 e. The molecule has 6 nitrogen and oxygen atoms in total. The van der Waals surface area contributed by atoms with Gasteiger partial charge in [0.1, 0.15) is 11.5 Å². The highest BCUT2D eigenvalue weighted by Gasteiger charge is 2.33. The summed E-state index contributed by atoms with van der Waals surface area (Å²) >= 11 is 0. The van der Waals surface area contributed by atoms with E-state index in [0.29, 0.717) is 11.3 Å². The quantitative estimate of drug-likeness (QED) is 0.473. The third kappa shape index (κ3) is 4.42. The van der Waals surface area contributed by atoms with Crippen LogP contribution in [0, 0.1) is 0 Å². The fraction of sp³-hybridized carbons (Fsp3) is 0.462. The third-order valence-electron chi connectivity index (χ3n) is 2.44. The summed E-state index contributed by atoms with van der Waals surface area (Å²) in [4.78, 5) is 10.8. The summed E-state index contributed by atoms with van der Waals surface area (Å²) in [6, 6.07) is 6.43. The fourth-order valence-corrected chi connectivity index (χ4v) is 3.29. The van der Waals surface area contributed by atoms with Gasteiger partial charge in [0.15, 0.2) is 0 Å². The monoisotopic (exact) mass is 301 g/mol. The van der Waals surface area contributed by atoms with Crippen molar-refractivity contribution < 1.29 is 23.1 Å². The fourth-order valence-electron chi connectivity index (χ4n) is 1.64. The molecule has 0 radical (unpaired) electrons. The average Bonchev–Trinajstić information content (AvgIpc) is 2.38. The highest BCUT2D eigenvalue weighted by Crippen LogP contribution is 2.58. The van der Waals surface area contributed by atoms with Crippen molar-refractivity contribution in [1.29, 1.82) is 0 Å². The summed E-state index contributed by atoms with van der Waals surface area (Å²) in [5, 5.41) is 0. The topological polar surface area (TPSA) is 87.8 Å². The van der Waals surface area contributed by atoms with Crippen LogP contribution in [-0.4, -0.2) is 19.2 Å². The lowest BCUT2D eigenvalue weighted by molar-refractivity contribution is -0.131. The molecule has 0 aliphatic heterocycles. The highest BCUT2D eigenvalue weighted by atomic mass is 31.2. The van der Waals surface area contributed by atoms with Crippen molar-refractivity contribution in [3.63, 3.8) is 0 Å². The molecule has 0 amide bonds. The van der Waals surface area contributed by atoms with Gasteiger partial charge in [-0.05, 0) is 31.5 Å². The smallest absolute Gasteiger partial charge is 0.351 e. The van der Waals surface area contributed by atoms with E-state index in [9.17, 15) is 9.36 Å². The SMILES string of the molecule is CCOP(=O)(OCC)[C@@H](N)c1ccc(OC(C)=O)cc1. The Hall–Kier alpha value is -1.20. The first kappa shape index (κ1) is 16.9. The molecule has 0 aliphatic carbocycles. The van der Waals surface area contributed by atoms with Gasteiger partial charge in [-0.15, -0.1) is 0 Å². The molecular weight excluding hydrogens is 281 g/mol. The van der Waals surface area contributed by atoms with Crippen LogP contribution in [0.1, 0.15) is 32.1 Å². The Bertz CT molecular complexity index is 478. The van der Waals surface area contributed by atoms with Crippen molar-refractivity contribution in [3.05, 3.63) is 29.8 Å². The first-order valence-electron chi connectivity index (χ1n) is 6.35. The first-order chi connectivity index (χ1) is 9.42. The summed E-state index contributed by atoms with van der Waals surface area (Å²) in [6.07, 6.45) is 0. The minimum absolute atomic E-state index is 0.247. The predicted octanol–water partition coefficient (Wildman–Crippen LogP) is 2.84. The van der Waals surface area contributed by atoms with E-state index in [0.717, 1.165) is 0 Å². The van der Waals surface area contributed by atoms with Gasteiger partial charge in [-0.3, -0.25) is 9.36 Å². The van der Waals surface area contributed by atoms with E-state index >= 15 is 0 Å². The lowest BCUT2D eigenvalue weighted by Gasteiger charge is -2.23. The lowest BCUT2D eigenvalue weighted by Crippen LogP contribution is -2.15. The zero-order valence-electron chi connectivity index (χ0n) is 11.9. The van der Waals surface area contributed by atoms with E-state index in [1.807, 2.05) is 0 Å². The Morgan fingerprint density at radius 3 is 2.10 bits per heavy atom. The molecule has 0 heterocycles. The van der Waals surface area contributed by atoms with E-state index in [1.165, 1.54) is 6.92 Å². The molecule has 1 rings (SSSR count). The molecule has 0 aliphatic rings. The second-order valence-corrected chi connectivity index (χ2v) is 6.14. The van der Waals surface area contributed by atoms with Gasteiger partial charge in [-0.1, -0.05) is 12.1 Å². The van der Waals surface area contributed by atoms with Crippen LogP contribution in [-0.2, 0) is 18.4 Å². The van der Waals surface area contributed by atoms with Gasteiger partial charge in [0, 0.05) is 6.92 Å². The molecule has 1 aromatic carbocycles. The Morgan fingerprint density at radius 1 is 1.20 bits per heavy atom. The molecule has 0 aromatic heterocycles. The summed E-state index contributed by atoms with van der Waals surface area (Å²) in [7, 11) is -3.40. The highest BCUT2D eigenvalue weighted by molar-refractivity contribution is 7.54. The molecule has 7 heteroatoms. The maximum absolute atomic E-state index is 12.5. The molecule has 2 N–H and O–H groups in total. The second kappa shape index (κ2) is 7.55. The van der Waals surface area contributed by atoms with Crippen LogP contribution in [0.3, 0.4) is 0 Å². The van der Waals surface area contributed by atoms with Crippen LogP contribution in [0.5, 0.6) is 5.75 Å².